The fraction of sp³-hybridized carbons (Fsp3) is 0.368. The fourth-order valence-electron chi connectivity index (χ4n) is 3.05. The SMILES string of the molecule is CON(C)S(=O)(=O)c1ccc(C(=O)N2CCN(Cc3ccncc3)CC2)cc1. The minimum Gasteiger partial charge on any atom is -0.336 e. The molecule has 0 saturated carbocycles. The van der Waals surface area contributed by atoms with Crippen LogP contribution in [-0.2, 0) is 21.4 Å². The van der Waals surface area contributed by atoms with Gasteiger partial charge in [-0.1, -0.05) is 4.47 Å². The quantitative estimate of drug-likeness (QED) is 0.674. The Balaban J connectivity index is 1.59. The topological polar surface area (TPSA) is 83.0 Å². The second kappa shape index (κ2) is 8.78. The average Bonchev–Trinajstić information content (AvgIpc) is 2.74. The Morgan fingerprint density at radius 2 is 1.68 bits per heavy atom. The molecule has 0 spiro atoms. The van der Waals surface area contributed by atoms with Crippen LogP contribution < -0.4 is 0 Å². The van der Waals surface area contributed by atoms with Crippen molar-refractivity contribution in [3.63, 3.8) is 0 Å². The van der Waals surface area contributed by atoms with Crippen molar-refractivity contribution in [2.45, 2.75) is 11.4 Å². The summed E-state index contributed by atoms with van der Waals surface area (Å²) < 4.78 is 25.2. The molecule has 28 heavy (non-hydrogen) atoms. The summed E-state index contributed by atoms with van der Waals surface area (Å²) in [5.41, 5.74) is 1.68. The molecule has 0 N–H and O–H groups in total. The largest absolute Gasteiger partial charge is 0.336 e. The zero-order valence-corrected chi connectivity index (χ0v) is 16.8. The molecule has 2 aromatic rings. The van der Waals surface area contributed by atoms with Crippen molar-refractivity contribution in [2.75, 3.05) is 40.3 Å². The summed E-state index contributed by atoms with van der Waals surface area (Å²) in [5, 5.41) is 0. The van der Waals surface area contributed by atoms with Crippen molar-refractivity contribution in [3.8, 4) is 0 Å². The van der Waals surface area contributed by atoms with E-state index in [9.17, 15) is 13.2 Å². The van der Waals surface area contributed by atoms with Crippen molar-refractivity contribution >= 4 is 15.9 Å². The molecule has 9 heteroatoms. The number of carbonyl (C=O) groups excluding carboxylic acids is 1. The first-order chi connectivity index (χ1) is 13.4. The number of pyridine rings is 1. The molecular formula is C19H24N4O4S. The number of nitrogens with zero attached hydrogens (tertiary/aromatic N) is 4. The highest BCUT2D eigenvalue weighted by Gasteiger charge is 2.24. The van der Waals surface area contributed by atoms with Crippen molar-refractivity contribution in [1.29, 1.82) is 0 Å². The van der Waals surface area contributed by atoms with Crippen LogP contribution in [0.3, 0.4) is 0 Å². The van der Waals surface area contributed by atoms with Crippen LogP contribution >= 0.6 is 0 Å². The molecule has 0 atom stereocenters. The number of amides is 1. The number of hydroxylamine groups is 1. The maximum atomic E-state index is 12.7. The molecule has 1 aromatic carbocycles. The number of piperazine rings is 1. The van der Waals surface area contributed by atoms with Gasteiger partial charge in [0.1, 0.15) is 0 Å². The third-order valence-electron chi connectivity index (χ3n) is 4.81. The van der Waals surface area contributed by atoms with Crippen LogP contribution in [-0.4, -0.2) is 73.9 Å². The smallest absolute Gasteiger partial charge is 0.264 e. The molecule has 0 radical (unpaired) electrons. The molecule has 2 heterocycles. The van der Waals surface area contributed by atoms with Gasteiger partial charge in [-0.2, -0.15) is 0 Å². The maximum Gasteiger partial charge on any atom is 0.264 e. The summed E-state index contributed by atoms with van der Waals surface area (Å²) in [6.07, 6.45) is 3.56. The van der Waals surface area contributed by atoms with Gasteiger partial charge in [-0.3, -0.25) is 19.5 Å². The second-order valence-corrected chi connectivity index (χ2v) is 8.48. The van der Waals surface area contributed by atoms with E-state index in [0.29, 0.717) is 18.7 Å². The standard InChI is InChI=1S/C19H24N4O4S/c1-21(27-2)28(25,26)18-5-3-17(4-6-18)19(24)23-13-11-22(12-14-23)15-16-7-9-20-10-8-16/h3-10H,11-15H2,1-2H3. The van der Waals surface area contributed by atoms with Gasteiger partial charge >= 0.3 is 0 Å². The molecule has 0 bridgehead atoms. The highest BCUT2D eigenvalue weighted by molar-refractivity contribution is 7.89. The molecule has 1 saturated heterocycles. The predicted molar refractivity (Wildman–Crippen MR) is 104 cm³/mol. The van der Waals surface area contributed by atoms with E-state index >= 15 is 0 Å². The van der Waals surface area contributed by atoms with Crippen LogP contribution in [0.4, 0.5) is 0 Å². The van der Waals surface area contributed by atoms with Gasteiger partial charge in [0.2, 0.25) is 0 Å². The molecule has 3 rings (SSSR count). The number of rotatable bonds is 6. The highest BCUT2D eigenvalue weighted by atomic mass is 32.2. The van der Waals surface area contributed by atoms with Gasteiger partial charge in [-0.05, 0) is 42.0 Å². The number of sulfonamides is 1. The number of hydrogen-bond donors (Lipinski definition) is 0. The van der Waals surface area contributed by atoms with E-state index in [2.05, 4.69) is 9.88 Å². The van der Waals surface area contributed by atoms with Crippen LogP contribution in [0, 0.1) is 0 Å². The Kier molecular flexibility index (Phi) is 6.40. The summed E-state index contributed by atoms with van der Waals surface area (Å²) in [6.45, 7) is 3.69. The Morgan fingerprint density at radius 1 is 1.07 bits per heavy atom. The monoisotopic (exact) mass is 404 g/mol. The minimum absolute atomic E-state index is 0.0792. The first kappa shape index (κ1) is 20.4. The lowest BCUT2D eigenvalue weighted by molar-refractivity contribution is -0.0258. The van der Waals surface area contributed by atoms with Crippen molar-refractivity contribution in [1.82, 2.24) is 19.3 Å². The lowest BCUT2D eigenvalue weighted by Gasteiger charge is -2.34. The molecule has 150 valence electrons. The van der Waals surface area contributed by atoms with Gasteiger partial charge in [0.15, 0.2) is 0 Å². The normalized spacial score (nSPS) is 15.8. The number of carbonyl (C=O) groups is 1. The third kappa shape index (κ3) is 4.56. The Labute approximate surface area is 165 Å². The molecule has 8 nitrogen and oxygen atoms in total. The van der Waals surface area contributed by atoms with E-state index in [1.807, 2.05) is 12.1 Å². The molecule has 1 amide bonds. The van der Waals surface area contributed by atoms with Crippen LogP contribution in [0.1, 0.15) is 15.9 Å². The van der Waals surface area contributed by atoms with Crippen molar-refractivity contribution < 1.29 is 18.0 Å². The zero-order valence-electron chi connectivity index (χ0n) is 16.0. The lowest BCUT2D eigenvalue weighted by atomic mass is 10.1. The molecule has 1 aliphatic heterocycles. The van der Waals surface area contributed by atoms with Gasteiger partial charge in [0.05, 0.1) is 12.0 Å². The molecule has 1 aliphatic rings. The lowest BCUT2D eigenvalue weighted by Crippen LogP contribution is -2.48. The van der Waals surface area contributed by atoms with E-state index in [1.54, 1.807) is 29.4 Å². The second-order valence-electron chi connectivity index (χ2n) is 6.55. The first-order valence-corrected chi connectivity index (χ1v) is 10.4. The fourth-order valence-corrected chi connectivity index (χ4v) is 4.03. The van der Waals surface area contributed by atoms with E-state index in [-0.39, 0.29) is 10.8 Å². The predicted octanol–water partition coefficient (Wildman–Crippen LogP) is 1.22. The summed E-state index contributed by atoms with van der Waals surface area (Å²) in [7, 11) is -1.12. The van der Waals surface area contributed by atoms with Gasteiger partial charge in [0.25, 0.3) is 15.9 Å². The van der Waals surface area contributed by atoms with Crippen LogP contribution in [0.15, 0.2) is 53.7 Å². The average molecular weight is 404 g/mol. The Hall–Kier alpha value is -2.33. The summed E-state index contributed by atoms with van der Waals surface area (Å²) in [5.74, 6) is -0.0902. The molecule has 1 aromatic heterocycles. The minimum atomic E-state index is -3.72. The molecular weight excluding hydrogens is 380 g/mol. The van der Waals surface area contributed by atoms with Crippen molar-refractivity contribution in [2.24, 2.45) is 0 Å². The van der Waals surface area contributed by atoms with E-state index < -0.39 is 10.0 Å². The molecule has 0 unspecified atom stereocenters. The number of aromatic nitrogens is 1. The molecule has 1 fully saturated rings. The number of hydrogen-bond acceptors (Lipinski definition) is 6. The maximum absolute atomic E-state index is 12.7. The first-order valence-electron chi connectivity index (χ1n) is 8.95. The zero-order chi connectivity index (χ0) is 20.1. The summed E-state index contributed by atoms with van der Waals surface area (Å²) in [4.78, 5) is 25.7. The van der Waals surface area contributed by atoms with Crippen LogP contribution in [0.25, 0.3) is 0 Å². The number of benzene rings is 1. The summed E-state index contributed by atoms with van der Waals surface area (Å²) >= 11 is 0. The van der Waals surface area contributed by atoms with Crippen molar-refractivity contribution in [3.05, 3.63) is 59.9 Å². The highest BCUT2D eigenvalue weighted by Crippen LogP contribution is 2.17. The van der Waals surface area contributed by atoms with Gasteiger partial charge in [0, 0.05) is 57.7 Å². The Morgan fingerprint density at radius 3 is 2.25 bits per heavy atom. The third-order valence-corrected chi connectivity index (χ3v) is 6.50. The van der Waals surface area contributed by atoms with Crippen LogP contribution in [0.5, 0.6) is 0 Å². The van der Waals surface area contributed by atoms with E-state index in [0.717, 1.165) is 24.1 Å². The Bertz CT molecular complexity index is 895. The summed E-state index contributed by atoms with van der Waals surface area (Å²) in [6, 6.07) is 9.93. The van der Waals surface area contributed by atoms with Gasteiger partial charge in [-0.15, -0.1) is 0 Å². The van der Waals surface area contributed by atoms with Gasteiger partial charge in [-0.25, -0.2) is 8.42 Å². The van der Waals surface area contributed by atoms with E-state index in [1.165, 1.54) is 31.9 Å². The van der Waals surface area contributed by atoms with Gasteiger partial charge < -0.3 is 4.90 Å². The van der Waals surface area contributed by atoms with E-state index in [4.69, 9.17) is 4.84 Å². The molecule has 0 aliphatic carbocycles. The van der Waals surface area contributed by atoms with Crippen LogP contribution in [0.2, 0.25) is 0 Å².